The minimum atomic E-state index is -0.520. The number of aryl methyl sites for hydroxylation is 1. The molecule has 2 heterocycles. The molecule has 7 nitrogen and oxygen atoms in total. The van der Waals surface area contributed by atoms with E-state index in [1.807, 2.05) is 0 Å². The minimum absolute atomic E-state index is 0.105. The lowest BCUT2D eigenvalue weighted by Crippen LogP contribution is -2.42. The number of nitrogens with two attached hydrogens (primary N) is 2. The molecular weight excluding hydrogens is 258 g/mol. The number of carbonyl (C=O) groups is 1. The van der Waals surface area contributed by atoms with Crippen LogP contribution in [0.4, 0.5) is 5.82 Å². The van der Waals surface area contributed by atoms with Crippen LogP contribution in [0.2, 0.25) is 0 Å². The first-order valence-electron chi connectivity index (χ1n) is 6.74. The van der Waals surface area contributed by atoms with Crippen LogP contribution in [-0.2, 0) is 11.8 Å². The number of nitrogens with zero attached hydrogens (tertiary/aromatic N) is 3. The van der Waals surface area contributed by atoms with Gasteiger partial charge in [-0.05, 0) is 19.8 Å². The summed E-state index contributed by atoms with van der Waals surface area (Å²) in [5, 5.41) is 4.14. The highest BCUT2D eigenvalue weighted by atomic mass is 16.5. The maximum atomic E-state index is 11.2. The Balaban J connectivity index is 2.29. The Morgan fingerprint density at radius 1 is 1.60 bits per heavy atom. The fourth-order valence-electron chi connectivity index (χ4n) is 2.74. The predicted octanol–water partition coefficient (Wildman–Crippen LogP) is -0.148. The Labute approximate surface area is 118 Å². The summed E-state index contributed by atoms with van der Waals surface area (Å²) < 4.78 is 7.31. The van der Waals surface area contributed by atoms with E-state index in [-0.39, 0.29) is 17.3 Å². The highest BCUT2D eigenvalue weighted by molar-refractivity contribution is 5.91. The van der Waals surface area contributed by atoms with Crippen molar-refractivity contribution in [2.45, 2.75) is 31.4 Å². The molecule has 1 saturated heterocycles. The van der Waals surface area contributed by atoms with Crippen LogP contribution in [-0.4, -0.2) is 47.5 Å². The van der Waals surface area contributed by atoms with Crippen LogP contribution in [0, 0.1) is 0 Å². The summed E-state index contributed by atoms with van der Waals surface area (Å²) in [6.45, 7) is 3.56. The van der Waals surface area contributed by atoms with Crippen molar-refractivity contribution in [1.29, 1.82) is 0 Å². The minimum Gasteiger partial charge on any atom is -0.377 e. The lowest BCUT2D eigenvalue weighted by molar-refractivity contribution is 0.00450. The molecule has 20 heavy (non-hydrogen) atoms. The van der Waals surface area contributed by atoms with E-state index in [1.54, 1.807) is 24.9 Å². The molecule has 0 radical (unpaired) electrons. The highest BCUT2D eigenvalue weighted by Gasteiger charge is 2.33. The van der Waals surface area contributed by atoms with Crippen molar-refractivity contribution < 1.29 is 9.53 Å². The van der Waals surface area contributed by atoms with Crippen LogP contribution in [0.15, 0.2) is 6.07 Å². The maximum Gasteiger partial charge on any atom is 0.269 e. The summed E-state index contributed by atoms with van der Waals surface area (Å²) in [6, 6.07) is 1.82. The van der Waals surface area contributed by atoms with E-state index >= 15 is 0 Å². The molecule has 1 aromatic rings. The molecule has 2 atom stereocenters. The molecule has 2 unspecified atom stereocenters. The standard InChI is InChI=1S/C13H23N5O2/c1-13(20-3)7-9(14)4-5-18(8-13)11-6-10(12(15)19)16-17(11)2/h6,9H,4-5,7-8,14H2,1-3H3,(H2,15,19). The molecule has 1 aromatic heterocycles. The molecule has 2 rings (SSSR count). The normalized spacial score (nSPS) is 27.4. The molecular formula is C13H23N5O2. The van der Waals surface area contributed by atoms with Gasteiger partial charge in [-0.25, -0.2) is 0 Å². The zero-order valence-electron chi connectivity index (χ0n) is 12.3. The molecule has 0 saturated carbocycles. The second kappa shape index (κ2) is 5.41. The lowest BCUT2D eigenvalue weighted by Gasteiger charge is -2.33. The van der Waals surface area contributed by atoms with E-state index in [0.29, 0.717) is 6.54 Å². The fraction of sp³-hybridized carbons (Fsp3) is 0.692. The Kier molecular flexibility index (Phi) is 4.01. The third-order valence-electron chi connectivity index (χ3n) is 3.91. The molecule has 7 heteroatoms. The number of aromatic nitrogens is 2. The third kappa shape index (κ3) is 2.94. The summed E-state index contributed by atoms with van der Waals surface area (Å²) in [6.07, 6.45) is 1.68. The summed E-state index contributed by atoms with van der Waals surface area (Å²) in [5.41, 5.74) is 11.4. The van der Waals surface area contributed by atoms with Crippen LogP contribution >= 0.6 is 0 Å². The van der Waals surface area contributed by atoms with Gasteiger partial charge in [-0.15, -0.1) is 0 Å². The number of methoxy groups -OCH3 is 1. The van der Waals surface area contributed by atoms with Crippen molar-refractivity contribution in [2.24, 2.45) is 18.5 Å². The lowest BCUT2D eigenvalue weighted by atomic mass is 9.97. The molecule has 112 valence electrons. The topological polar surface area (TPSA) is 99.4 Å². The number of ether oxygens (including phenoxy) is 1. The van der Waals surface area contributed by atoms with Gasteiger partial charge in [-0.2, -0.15) is 5.10 Å². The van der Waals surface area contributed by atoms with Crippen LogP contribution in [0.1, 0.15) is 30.3 Å². The smallest absolute Gasteiger partial charge is 0.269 e. The van der Waals surface area contributed by atoms with Gasteiger partial charge in [-0.3, -0.25) is 9.48 Å². The Hall–Kier alpha value is -1.60. The van der Waals surface area contributed by atoms with Crippen LogP contribution < -0.4 is 16.4 Å². The van der Waals surface area contributed by atoms with Gasteiger partial charge in [-0.1, -0.05) is 0 Å². The second-order valence-corrected chi connectivity index (χ2v) is 5.70. The van der Waals surface area contributed by atoms with E-state index in [0.717, 1.165) is 25.2 Å². The van der Waals surface area contributed by atoms with Gasteiger partial charge in [0.1, 0.15) is 5.82 Å². The number of carbonyl (C=O) groups excluding carboxylic acids is 1. The van der Waals surface area contributed by atoms with Gasteiger partial charge < -0.3 is 21.1 Å². The molecule has 1 aliphatic rings. The number of anilines is 1. The summed E-state index contributed by atoms with van der Waals surface area (Å²) in [7, 11) is 3.50. The largest absolute Gasteiger partial charge is 0.377 e. The van der Waals surface area contributed by atoms with Crippen molar-refractivity contribution in [3.05, 3.63) is 11.8 Å². The monoisotopic (exact) mass is 281 g/mol. The number of hydrogen-bond donors (Lipinski definition) is 2. The molecule has 0 bridgehead atoms. The first-order chi connectivity index (χ1) is 9.34. The van der Waals surface area contributed by atoms with E-state index in [1.165, 1.54) is 0 Å². The van der Waals surface area contributed by atoms with Gasteiger partial charge in [0, 0.05) is 39.4 Å². The molecule has 0 spiro atoms. The summed E-state index contributed by atoms with van der Waals surface area (Å²) in [5.74, 6) is 0.337. The third-order valence-corrected chi connectivity index (χ3v) is 3.91. The molecule has 1 aliphatic heterocycles. The van der Waals surface area contributed by atoms with E-state index in [9.17, 15) is 4.79 Å². The van der Waals surface area contributed by atoms with Crippen LogP contribution in [0.25, 0.3) is 0 Å². The van der Waals surface area contributed by atoms with Crippen molar-refractivity contribution in [1.82, 2.24) is 9.78 Å². The van der Waals surface area contributed by atoms with Gasteiger partial charge in [0.2, 0.25) is 0 Å². The van der Waals surface area contributed by atoms with E-state index < -0.39 is 5.91 Å². The molecule has 1 fully saturated rings. The number of amides is 1. The number of hydrogen-bond acceptors (Lipinski definition) is 5. The van der Waals surface area contributed by atoms with Crippen LogP contribution in [0.5, 0.6) is 0 Å². The average molecular weight is 281 g/mol. The van der Waals surface area contributed by atoms with Crippen molar-refractivity contribution in [3.63, 3.8) is 0 Å². The number of rotatable bonds is 3. The Bertz CT molecular complexity index is 501. The zero-order chi connectivity index (χ0) is 14.9. The van der Waals surface area contributed by atoms with Gasteiger partial charge in [0.05, 0.1) is 5.60 Å². The second-order valence-electron chi connectivity index (χ2n) is 5.70. The molecule has 0 aromatic carbocycles. The van der Waals surface area contributed by atoms with Crippen molar-refractivity contribution in [3.8, 4) is 0 Å². The maximum absolute atomic E-state index is 11.2. The Morgan fingerprint density at radius 3 is 2.85 bits per heavy atom. The van der Waals surface area contributed by atoms with Gasteiger partial charge >= 0.3 is 0 Å². The highest BCUT2D eigenvalue weighted by Crippen LogP contribution is 2.27. The predicted molar refractivity (Wildman–Crippen MR) is 76.6 cm³/mol. The zero-order valence-corrected chi connectivity index (χ0v) is 12.3. The summed E-state index contributed by atoms with van der Waals surface area (Å²) >= 11 is 0. The van der Waals surface area contributed by atoms with Crippen LogP contribution in [0.3, 0.4) is 0 Å². The van der Waals surface area contributed by atoms with Crippen molar-refractivity contribution in [2.75, 3.05) is 25.1 Å². The molecule has 1 amide bonds. The Morgan fingerprint density at radius 2 is 2.30 bits per heavy atom. The first-order valence-corrected chi connectivity index (χ1v) is 6.74. The van der Waals surface area contributed by atoms with E-state index in [2.05, 4.69) is 16.9 Å². The van der Waals surface area contributed by atoms with Gasteiger partial charge in [0.25, 0.3) is 5.91 Å². The summed E-state index contributed by atoms with van der Waals surface area (Å²) in [4.78, 5) is 13.4. The SMILES string of the molecule is COC1(C)CC(N)CCN(c2cc(C(N)=O)nn2C)C1. The number of primary amides is 1. The first kappa shape index (κ1) is 14.8. The van der Waals surface area contributed by atoms with Crippen molar-refractivity contribution >= 4 is 11.7 Å². The van der Waals surface area contributed by atoms with E-state index in [4.69, 9.17) is 16.2 Å². The average Bonchev–Trinajstić information content (AvgIpc) is 2.69. The fourth-order valence-corrected chi connectivity index (χ4v) is 2.74. The molecule has 4 N–H and O–H groups in total. The molecule has 0 aliphatic carbocycles. The van der Waals surface area contributed by atoms with Gasteiger partial charge in [0.15, 0.2) is 5.69 Å². The quantitative estimate of drug-likeness (QED) is 0.803.